The summed E-state index contributed by atoms with van der Waals surface area (Å²) in [6.07, 6.45) is 1.33. The van der Waals surface area contributed by atoms with E-state index in [0.717, 1.165) is 0 Å². The molecule has 106 valence electrons. The van der Waals surface area contributed by atoms with Crippen LogP contribution in [0.4, 0.5) is 11.5 Å². The minimum Gasteiger partial charge on any atom is -0.306 e. The number of carbonyl (C=O) groups is 1. The second kappa shape index (κ2) is 5.42. The van der Waals surface area contributed by atoms with Crippen molar-refractivity contribution < 1.29 is 9.72 Å². The van der Waals surface area contributed by atoms with Crippen molar-refractivity contribution in [1.82, 2.24) is 9.78 Å². The van der Waals surface area contributed by atoms with Crippen molar-refractivity contribution in [2.24, 2.45) is 7.05 Å². The van der Waals surface area contributed by atoms with E-state index in [0.29, 0.717) is 5.56 Å². The molecule has 0 bridgehead atoms. The van der Waals surface area contributed by atoms with Gasteiger partial charge in [0.1, 0.15) is 17.5 Å². The standard InChI is InChI=1S/C13H11N5O3/c1-8-3-9(5-11(4-8)18(20)21)13(19)16-12-10(6-14)7-15-17(12)2/h3-5,7H,1-2H3,(H,16,19). The molecule has 1 amide bonds. The maximum Gasteiger partial charge on any atom is 0.270 e. The molecule has 21 heavy (non-hydrogen) atoms. The van der Waals surface area contributed by atoms with Crippen LogP contribution in [0.1, 0.15) is 21.5 Å². The number of aryl methyl sites for hydroxylation is 2. The van der Waals surface area contributed by atoms with Crippen LogP contribution < -0.4 is 5.32 Å². The zero-order valence-electron chi connectivity index (χ0n) is 11.3. The Kier molecular flexibility index (Phi) is 3.67. The third-order valence-corrected chi connectivity index (χ3v) is 2.83. The summed E-state index contributed by atoms with van der Waals surface area (Å²) in [5.41, 5.74) is 0.797. The molecule has 0 fully saturated rings. The van der Waals surface area contributed by atoms with Crippen molar-refractivity contribution in [3.8, 4) is 6.07 Å². The predicted molar refractivity (Wildman–Crippen MR) is 73.7 cm³/mol. The van der Waals surface area contributed by atoms with Gasteiger partial charge >= 0.3 is 0 Å². The Balaban J connectivity index is 2.35. The van der Waals surface area contributed by atoms with Crippen LogP contribution in [0.2, 0.25) is 0 Å². The highest BCUT2D eigenvalue weighted by molar-refractivity contribution is 6.04. The Bertz CT molecular complexity index is 773. The lowest BCUT2D eigenvalue weighted by molar-refractivity contribution is -0.384. The van der Waals surface area contributed by atoms with E-state index < -0.39 is 10.8 Å². The number of hydrogen-bond acceptors (Lipinski definition) is 5. The van der Waals surface area contributed by atoms with Crippen LogP contribution in [0.5, 0.6) is 0 Å². The lowest BCUT2D eigenvalue weighted by Crippen LogP contribution is -2.15. The molecule has 0 saturated carbocycles. The van der Waals surface area contributed by atoms with Crippen LogP contribution in [0.15, 0.2) is 24.4 Å². The van der Waals surface area contributed by atoms with Gasteiger partial charge in [0.25, 0.3) is 11.6 Å². The third-order valence-electron chi connectivity index (χ3n) is 2.83. The molecule has 2 rings (SSSR count). The van der Waals surface area contributed by atoms with Crippen molar-refractivity contribution in [2.45, 2.75) is 6.92 Å². The number of hydrogen-bond donors (Lipinski definition) is 1. The van der Waals surface area contributed by atoms with Gasteiger partial charge in [0.05, 0.1) is 11.1 Å². The van der Waals surface area contributed by atoms with E-state index in [-0.39, 0.29) is 22.6 Å². The van der Waals surface area contributed by atoms with E-state index >= 15 is 0 Å². The summed E-state index contributed by atoms with van der Waals surface area (Å²) < 4.78 is 1.35. The summed E-state index contributed by atoms with van der Waals surface area (Å²) in [6.45, 7) is 1.66. The zero-order valence-corrected chi connectivity index (χ0v) is 11.3. The van der Waals surface area contributed by atoms with Gasteiger partial charge in [-0.25, -0.2) is 0 Å². The first-order valence-corrected chi connectivity index (χ1v) is 5.92. The van der Waals surface area contributed by atoms with Gasteiger partial charge in [0, 0.05) is 24.7 Å². The summed E-state index contributed by atoms with van der Waals surface area (Å²) in [5.74, 6) is -0.298. The molecule has 1 aromatic carbocycles. The van der Waals surface area contributed by atoms with E-state index in [1.54, 1.807) is 14.0 Å². The largest absolute Gasteiger partial charge is 0.306 e. The van der Waals surface area contributed by atoms with Crippen molar-refractivity contribution in [2.75, 3.05) is 5.32 Å². The average molecular weight is 285 g/mol. The van der Waals surface area contributed by atoms with E-state index in [9.17, 15) is 14.9 Å². The SMILES string of the molecule is Cc1cc(C(=O)Nc2c(C#N)cnn2C)cc([N+](=O)[O-])c1. The van der Waals surface area contributed by atoms with E-state index in [4.69, 9.17) is 5.26 Å². The van der Waals surface area contributed by atoms with Gasteiger partial charge in [-0.3, -0.25) is 19.6 Å². The molecular formula is C13H11N5O3. The highest BCUT2D eigenvalue weighted by atomic mass is 16.6. The molecule has 8 heteroatoms. The molecule has 0 aliphatic rings. The molecule has 1 N–H and O–H groups in total. The van der Waals surface area contributed by atoms with Crippen molar-refractivity contribution in [3.05, 3.63) is 51.2 Å². The summed E-state index contributed by atoms with van der Waals surface area (Å²) in [7, 11) is 1.58. The lowest BCUT2D eigenvalue weighted by atomic mass is 10.1. The Morgan fingerprint density at radius 1 is 1.48 bits per heavy atom. The van der Waals surface area contributed by atoms with Crippen molar-refractivity contribution in [1.29, 1.82) is 5.26 Å². The number of carbonyl (C=O) groups excluding carboxylic acids is 1. The number of rotatable bonds is 3. The monoisotopic (exact) mass is 285 g/mol. The summed E-state index contributed by atoms with van der Waals surface area (Å²) in [4.78, 5) is 22.4. The quantitative estimate of drug-likeness (QED) is 0.681. The van der Waals surface area contributed by atoms with E-state index in [2.05, 4.69) is 10.4 Å². The number of nitro groups is 1. The fourth-order valence-electron chi connectivity index (χ4n) is 1.85. The third kappa shape index (κ3) is 2.87. The predicted octanol–water partition coefficient (Wildman–Crippen LogP) is 1.76. The molecule has 0 aliphatic carbocycles. The van der Waals surface area contributed by atoms with Gasteiger partial charge in [-0.1, -0.05) is 0 Å². The van der Waals surface area contributed by atoms with Gasteiger partial charge in [-0.15, -0.1) is 0 Å². The second-order valence-electron chi connectivity index (χ2n) is 4.41. The number of nitriles is 1. The summed E-state index contributed by atoms with van der Waals surface area (Å²) in [6, 6.07) is 6.00. The number of non-ortho nitro benzene ring substituents is 1. The van der Waals surface area contributed by atoms with Crippen molar-refractivity contribution >= 4 is 17.4 Å². The fraction of sp³-hybridized carbons (Fsp3) is 0.154. The fourth-order valence-corrected chi connectivity index (χ4v) is 1.85. The number of anilines is 1. The number of nitro benzene ring substituents is 1. The Morgan fingerprint density at radius 3 is 2.81 bits per heavy atom. The van der Waals surface area contributed by atoms with E-state index in [1.165, 1.54) is 29.1 Å². The van der Waals surface area contributed by atoms with Gasteiger partial charge in [-0.2, -0.15) is 10.4 Å². The number of amides is 1. The minimum absolute atomic E-state index is 0.145. The summed E-state index contributed by atoms with van der Waals surface area (Å²) in [5, 5.41) is 26.2. The molecular weight excluding hydrogens is 274 g/mol. The number of aromatic nitrogens is 2. The first kappa shape index (κ1) is 14.2. The Morgan fingerprint density at radius 2 is 2.19 bits per heavy atom. The van der Waals surface area contributed by atoms with Gasteiger partial charge in [0.2, 0.25) is 0 Å². The topological polar surface area (TPSA) is 114 Å². The van der Waals surface area contributed by atoms with Gasteiger partial charge in [-0.05, 0) is 18.6 Å². The molecule has 0 atom stereocenters. The zero-order chi connectivity index (χ0) is 15.6. The van der Waals surface area contributed by atoms with Crippen LogP contribution in [0, 0.1) is 28.4 Å². The maximum absolute atomic E-state index is 12.2. The van der Waals surface area contributed by atoms with Crippen LogP contribution in [0.3, 0.4) is 0 Å². The van der Waals surface area contributed by atoms with Crippen LogP contribution in [0.25, 0.3) is 0 Å². The van der Waals surface area contributed by atoms with Crippen molar-refractivity contribution in [3.63, 3.8) is 0 Å². The van der Waals surface area contributed by atoms with Gasteiger partial charge in [0.15, 0.2) is 0 Å². The van der Waals surface area contributed by atoms with E-state index in [1.807, 2.05) is 6.07 Å². The molecule has 0 spiro atoms. The molecule has 0 saturated heterocycles. The Hall–Kier alpha value is -3.21. The minimum atomic E-state index is -0.561. The summed E-state index contributed by atoms with van der Waals surface area (Å²) >= 11 is 0. The highest BCUT2D eigenvalue weighted by Gasteiger charge is 2.16. The van der Waals surface area contributed by atoms with Crippen LogP contribution in [-0.2, 0) is 7.05 Å². The average Bonchev–Trinajstić information content (AvgIpc) is 2.78. The number of nitrogens with one attached hydrogen (secondary N) is 1. The molecule has 0 radical (unpaired) electrons. The van der Waals surface area contributed by atoms with Gasteiger partial charge < -0.3 is 5.32 Å². The Labute approximate surface area is 119 Å². The smallest absolute Gasteiger partial charge is 0.270 e. The first-order chi connectivity index (χ1) is 9.92. The number of benzene rings is 1. The number of nitrogens with zero attached hydrogens (tertiary/aromatic N) is 4. The molecule has 0 aliphatic heterocycles. The van der Waals surface area contributed by atoms with Crippen LogP contribution >= 0.6 is 0 Å². The first-order valence-electron chi connectivity index (χ1n) is 5.92. The molecule has 1 heterocycles. The molecule has 8 nitrogen and oxygen atoms in total. The van der Waals surface area contributed by atoms with Crippen LogP contribution in [-0.4, -0.2) is 20.6 Å². The molecule has 2 aromatic rings. The highest BCUT2D eigenvalue weighted by Crippen LogP contribution is 2.19. The normalized spacial score (nSPS) is 9.95. The second-order valence-corrected chi connectivity index (χ2v) is 4.41. The molecule has 1 aromatic heterocycles. The maximum atomic E-state index is 12.2. The lowest BCUT2D eigenvalue weighted by Gasteiger charge is -2.07. The molecule has 0 unspecified atom stereocenters.